The van der Waals surface area contributed by atoms with Crippen molar-refractivity contribution in [2.24, 2.45) is 17.8 Å². The zero-order valence-electron chi connectivity index (χ0n) is 12.1. The average Bonchev–Trinajstić information content (AvgIpc) is 2.38. The third-order valence-electron chi connectivity index (χ3n) is 5.79. The molecule has 0 aromatic rings. The smallest absolute Gasteiger partial charge is 0.168 e. The molecule has 3 rings (SSSR count). The predicted molar refractivity (Wildman–Crippen MR) is 73.5 cm³/mol. The Morgan fingerprint density at radius 3 is 2.74 bits per heavy atom. The van der Waals surface area contributed by atoms with Gasteiger partial charge in [0.15, 0.2) is 5.79 Å². The van der Waals surface area contributed by atoms with E-state index in [2.05, 4.69) is 6.92 Å². The van der Waals surface area contributed by atoms with Gasteiger partial charge in [0, 0.05) is 12.3 Å². The Kier molecular flexibility index (Phi) is 3.89. The van der Waals surface area contributed by atoms with E-state index in [0.29, 0.717) is 11.8 Å². The maximum Gasteiger partial charge on any atom is 0.168 e. The average molecular weight is 268 g/mol. The standard InChI is InChI=1S/C16H28O3/c1-2-4-11-7-8-14-12-5-3-6-15(17)13(12)9-10-16(14,18)19-11/h11-15,17-18H,2-10H2,1H3/t11?,12?,13?,14-,15?,16-/m0/s1. The Labute approximate surface area is 116 Å². The third-order valence-corrected chi connectivity index (χ3v) is 5.79. The van der Waals surface area contributed by atoms with Crippen molar-refractivity contribution >= 4 is 0 Å². The lowest BCUT2D eigenvalue weighted by molar-refractivity contribution is -0.317. The van der Waals surface area contributed by atoms with Crippen LogP contribution in [0.2, 0.25) is 0 Å². The quantitative estimate of drug-likeness (QED) is 0.809. The summed E-state index contributed by atoms with van der Waals surface area (Å²) in [6.45, 7) is 2.17. The molecule has 6 atom stereocenters. The Balaban J connectivity index is 1.74. The topological polar surface area (TPSA) is 49.7 Å². The monoisotopic (exact) mass is 268 g/mol. The molecule has 19 heavy (non-hydrogen) atoms. The first-order chi connectivity index (χ1) is 9.14. The van der Waals surface area contributed by atoms with Gasteiger partial charge in [0.2, 0.25) is 0 Å². The molecule has 0 aromatic carbocycles. The molecule has 110 valence electrons. The van der Waals surface area contributed by atoms with Crippen molar-refractivity contribution in [1.82, 2.24) is 0 Å². The SMILES string of the molecule is CCCC1CC[C@H]2C3CCCC(O)C3CC[C@]2(O)O1. The van der Waals surface area contributed by atoms with E-state index < -0.39 is 5.79 Å². The summed E-state index contributed by atoms with van der Waals surface area (Å²) in [7, 11) is 0. The van der Waals surface area contributed by atoms with Crippen molar-refractivity contribution in [2.45, 2.75) is 82.7 Å². The predicted octanol–water partition coefficient (Wildman–Crippen LogP) is 2.84. The highest BCUT2D eigenvalue weighted by atomic mass is 16.6. The van der Waals surface area contributed by atoms with Crippen molar-refractivity contribution < 1.29 is 14.9 Å². The van der Waals surface area contributed by atoms with Crippen LogP contribution in [0.15, 0.2) is 0 Å². The summed E-state index contributed by atoms with van der Waals surface area (Å²) in [6, 6.07) is 0. The van der Waals surface area contributed by atoms with E-state index in [4.69, 9.17) is 4.74 Å². The van der Waals surface area contributed by atoms with E-state index >= 15 is 0 Å². The first kappa shape index (κ1) is 13.8. The molecule has 1 heterocycles. The molecule has 1 saturated heterocycles. The van der Waals surface area contributed by atoms with E-state index in [1.165, 1.54) is 0 Å². The lowest BCUT2D eigenvalue weighted by Gasteiger charge is -2.54. The van der Waals surface area contributed by atoms with Crippen LogP contribution < -0.4 is 0 Å². The van der Waals surface area contributed by atoms with Crippen LogP contribution in [0.3, 0.4) is 0 Å². The molecule has 2 aliphatic carbocycles. The number of fused-ring (bicyclic) bond motifs is 3. The van der Waals surface area contributed by atoms with E-state index in [1.807, 2.05) is 0 Å². The molecule has 0 amide bonds. The summed E-state index contributed by atoms with van der Waals surface area (Å²) in [5.74, 6) is 0.251. The van der Waals surface area contributed by atoms with E-state index in [0.717, 1.165) is 57.8 Å². The molecular formula is C16H28O3. The summed E-state index contributed by atoms with van der Waals surface area (Å²) in [5, 5.41) is 21.1. The molecule has 4 unspecified atom stereocenters. The van der Waals surface area contributed by atoms with Crippen LogP contribution >= 0.6 is 0 Å². The molecule has 3 nitrogen and oxygen atoms in total. The van der Waals surface area contributed by atoms with Crippen molar-refractivity contribution in [3.8, 4) is 0 Å². The molecule has 0 bridgehead atoms. The zero-order chi connectivity index (χ0) is 13.5. The molecule has 3 heteroatoms. The maximum absolute atomic E-state index is 10.9. The second-order valence-corrected chi connectivity index (χ2v) is 6.92. The molecule has 0 aromatic heterocycles. The number of aliphatic hydroxyl groups excluding tert-OH is 1. The van der Waals surface area contributed by atoms with Crippen molar-refractivity contribution in [2.75, 3.05) is 0 Å². The molecule has 2 saturated carbocycles. The fourth-order valence-corrected chi connectivity index (χ4v) is 4.90. The number of rotatable bonds is 2. The van der Waals surface area contributed by atoms with Gasteiger partial charge in [-0.05, 0) is 50.4 Å². The second-order valence-electron chi connectivity index (χ2n) is 6.92. The molecule has 3 fully saturated rings. The Bertz CT molecular complexity index is 319. The van der Waals surface area contributed by atoms with Gasteiger partial charge in [-0.1, -0.05) is 19.8 Å². The van der Waals surface area contributed by atoms with Crippen LogP contribution in [0.1, 0.15) is 64.7 Å². The highest BCUT2D eigenvalue weighted by Gasteiger charge is 2.53. The summed E-state index contributed by atoms with van der Waals surface area (Å²) in [6.07, 6.45) is 9.31. The van der Waals surface area contributed by atoms with Gasteiger partial charge < -0.3 is 14.9 Å². The van der Waals surface area contributed by atoms with Gasteiger partial charge in [0.25, 0.3) is 0 Å². The Hall–Kier alpha value is -0.120. The Morgan fingerprint density at radius 1 is 1.11 bits per heavy atom. The number of ether oxygens (including phenoxy) is 1. The minimum Gasteiger partial charge on any atom is -0.393 e. The highest BCUT2D eigenvalue weighted by Crippen LogP contribution is 2.52. The van der Waals surface area contributed by atoms with Gasteiger partial charge >= 0.3 is 0 Å². The van der Waals surface area contributed by atoms with Gasteiger partial charge in [-0.25, -0.2) is 0 Å². The minimum absolute atomic E-state index is 0.142. The van der Waals surface area contributed by atoms with Gasteiger partial charge in [0.1, 0.15) is 0 Å². The largest absolute Gasteiger partial charge is 0.393 e. The van der Waals surface area contributed by atoms with Crippen molar-refractivity contribution in [3.05, 3.63) is 0 Å². The van der Waals surface area contributed by atoms with Crippen molar-refractivity contribution in [3.63, 3.8) is 0 Å². The van der Waals surface area contributed by atoms with Gasteiger partial charge in [-0.3, -0.25) is 0 Å². The minimum atomic E-state index is -0.893. The van der Waals surface area contributed by atoms with Crippen LogP contribution in [-0.2, 0) is 4.74 Å². The van der Waals surface area contributed by atoms with Gasteiger partial charge in [-0.15, -0.1) is 0 Å². The molecule has 0 spiro atoms. The van der Waals surface area contributed by atoms with Crippen LogP contribution in [0, 0.1) is 17.8 Å². The Morgan fingerprint density at radius 2 is 1.95 bits per heavy atom. The zero-order valence-corrected chi connectivity index (χ0v) is 12.1. The number of hydrogen-bond donors (Lipinski definition) is 2. The molecule has 1 aliphatic heterocycles. The third kappa shape index (κ3) is 2.45. The fraction of sp³-hybridized carbons (Fsp3) is 1.00. The van der Waals surface area contributed by atoms with Gasteiger partial charge in [-0.2, -0.15) is 0 Å². The van der Waals surface area contributed by atoms with Crippen LogP contribution in [0.4, 0.5) is 0 Å². The summed E-state index contributed by atoms with van der Waals surface area (Å²) >= 11 is 0. The van der Waals surface area contributed by atoms with E-state index in [1.54, 1.807) is 0 Å². The lowest BCUT2D eigenvalue weighted by Crippen LogP contribution is -2.57. The second kappa shape index (κ2) is 5.34. The molecular weight excluding hydrogens is 240 g/mol. The maximum atomic E-state index is 10.9. The van der Waals surface area contributed by atoms with Crippen LogP contribution in [0.25, 0.3) is 0 Å². The van der Waals surface area contributed by atoms with Crippen LogP contribution in [0.5, 0.6) is 0 Å². The molecule has 2 N–H and O–H groups in total. The summed E-state index contributed by atoms with van der Waals surface area (Å²) < 4.78 is 6.08. The fourth-order valence-electron chi connectivity index (χ4n) is 4.90. The normalized spacial score (nSPS) is 50.4. The lowest BCUT2D eigenvalue weighted by atomic mass is 9.60. The van der Waals surface area contributed by atoms with E-state index in [-0.39, 0.29) is 18.1 Å². The van der Waals surface area contributed by atoms with Crippen LogP contribution in [-0.4, -0.2) is 28.2 Å². The molecule has 0 radical (unpaired) electrons. The van der Waals surface area contributed by atoms with E-state index in [9.17, 15) is 10.2 Å². The first-order valence-corrected chi connectivity index (χ1v) is 8.22. The summed E-state index contributed by atoms with van der Waals surface area (Å²) in [4.78, 5) is 0. The first-order valence-electron chi connectivity index (χ1n) is 8.22. The summed E-state index contributed by atoms with van der Waals surface area (Å²) in [5.41, 5.74) is 0. The van der Waals surface area contributed by atoms with Gasteiger partial charge in [0.05, 0.1) is 12.2 Å². The number of hydrogen-bond acceptors (Lipinski definition) is 3. The number of aliphatic hydroxyl groups is 2. The molecule has 3 aliphatic rings. The van der Waals surface area contributed by atoms with Crippen molar-refractivity contribution in [1.29, 1.82) is 0 Å². The highest BCUT2D eigenvalue weighted by molar-refractivity contribution is 4.99.